The van der Waals surface area contributed by atoms with Crippen molar-refractivity contribution in [3.05, 3.63) is 24.8 Å². The summed E-state index contributed by atoms with van der Waals surface area (Å²) in [6.07, 6.45) is 11.8. The fourth-order valence-electron chi connectivity index (χ4n) is 4.11. The Bertz CT molecular complexity index is 430. The number of rotatable bonds is 4. The summed E-state index contributed by atoms with van der Waals surface area (Å²) in [5.74, 6) is 1.43. The van der Waals surface area contributed by atoms with Gasteiger partial charge in [-0.05, 0) is 31.6 Å². The normalized spacial score (nSPS) is 44.2. The first-order chi connectivity index (χ1) is 9.13. The van der Waals surface area contributed by atoms with Crippen LogP contribution in [0.2, 0.25) is 0 Å². The van der Waals surface area contributed by atoms with Crippen molar-refractivity contribution in [2.24, 2.45) is 11.8 Å². The maximum absolute atomic E-state index is 12.3. The Hall–Kier alpha value is -0.160. The van der Waals surface area contributed by atoms with E-state index in [-0.39, 0.29) is 11.2 Å². The van der Waals surface area contributed by atoms with Gasteiger partial charge in [0.25, 0.3) is 0 Å². The Morgan fingerprint density at radius 3 is 3.11 bits per heavy atom. The fourth-order valence-corrected chi connectivity index (χ4v) is 5.16. The number of Topliss-reactive ketones (excluding diaryl/α,β-unsaturated/α-hetero) is 1. The lowest BCUT2D eigenvalue weighted by molar-refractivity contribution is -0.124. The largest absolute Gasteiger partial charge is 0.360 e. The summed E-state index contributed by atoms with van der Waals surface area (Å²) in [7, 11) is 0. The average molecular weight is 372 g/mol. The number of hydrogen-bond acceptors (Lipinski definition) is 2. The van der Waals surface area contributed by atoms with Gasteiger partial charge in [-0.1, -0.05) is 40.8 Å². The van der Waals surface area contributed by atoms with Crippen molar-refractivity contribution in [1.29, 1.82) is 0 Å². The molecule has 1 saturated heterocycles. The van der Waals surface area contributed by atoms with Crippen LogP contribution in [0.4, 0.5) is 0 Å². The molecule has 2 aliphatic heterocycles. The lowest BCUT2D eigenvalue weighted by Crippen LogP contribution is -2.38. The smallest absolute Gasteiger partial charge is 0.136 e. The third kappa shape index (κ3) is 2.23. The Balaban J connectivity index is 1.90. The van der Waals surface area contributed by atoms with E-state index in [0.717, 1.165) is 23.7 Å². The van der Waals surface area contributed by atoms with Gasteiger partial charge in [-0.3, -0.25) is 4.79 Å². The Morgan fingerprint density at radius 1 is 1.53 bits per heavy atom. The van der Waals surface area contributed by atoms with Crippen LogP contribution >= 0.6 is 22.6 Å². The molecule has 104 valence electrons. The monoisotopic (exact) mass is 372 g/mol. The van der Waals surface area contributed by atoms with Gasteiger partial charge in [0.05, 0.1) is 11.2 Å². The number of alkyl halides is 1. The molecule has 0 aromatic rings. The molecule has 2 heterocycles. The molecule has 0 aromatic carbocycles. The summed E-state index contributed by atoms with van der Waals surface area (Å²) in [6, 6.07) is 0. The van der Waals surface area contributed by atoms with Crippen molar-refractivity contribution >= 4 is 28.4 Å². The van der Waals surface area contributed by atoms with E-state index < -0.39 is 0 Å². The molecule has 3 heteroatoms. The Labute approximate surface area is 128 Å². The number of carbonyl (C=O) groups excluding carboxylic acids is 1. The molecule has 0 unspecified atom stereocenters. The van der Waals surface area contributed by atoms with Crippen molar-refractivity contribution in [2.75, 3.05) is 4.43 Å². The quantitative estimate of drug-likeness (QED) is 0.426. The molecule has 0 radical (unpaired) electrons. The Kier molecular flexibility index (Phi) is 3.63. The van der Waals surface area contributed by atoms with Crippen LogP contribution in [-0.4, -0.2) is 21.4 Å². The lowest BCUT2D eigenvalue weighted by Gasteiger charge is -2.34. The van der Waals surface area contributed by atoms with Crippen LogP contribution in [0.5, 0.6) is 0 Å². The molecule has 1 spiro atoms. The summed E-state index contributed by atoms with van der Waals surface area (Å²) in [6.45, 7) is 3.79. The third-order valence-electron chi connectivity index (χ3n) is 5.08. The van der Waals surface area contributed by atoms with E-state index >= 15 is 0 Å². The van der Waals surface area contributed by atoms with Crippen LogP contribution in [0.25, 0.3) is 0 Å². The van der Waals surface area contributed by atoms with Gasteiger partial charge in [0.15, 0.2) is 0 Å². The van der Waals surface area contributed by atoms with Gasteiger partial charge in [0, 0.05) is 23.2 Å². The number of halogens is 1. The zero-order valence-electron chi connectivity index (χ0n) is 11.2. The number of allylic oxidation sites excluding steroid dienone is 1. The number of ketones is 1. The molecule has 3 rings (SSSR count). The summed E-state index contributed by atoms with van der Waals surface area (Å²) >= 11 is 2.46. The molecule has 2 nitrogen and oxygen atoms in total. The zero-order valence-corrected chi connectivity index (χ0v) is 13.4. The Morgan fingerprint density at radius 2 is 2.37 bits per heavy atom. The van der Waals surface area contributed by atoms with Crippen LogP contribution in [0.15, 0.2) is 24.8 Å². The van der Waals surface area contributed by atoms with Gasteiger partial charge < -0.3 is 4.74 Å². The highest BCUT2D eigenvalue weighted by atomic mass is 127. The second-order valence-electron chi connectivity index (χ2n) is 6.26. The highest BCUT2D eigenvalue weighted by molar-refractivity contribution is 14.1. The molecular formula is C16H21IO2. The molecule has 1 aliphatic carbocycles. The van der Waals surface area contributed by atoms with Crippen molar-refractivity contribution in [2.45, 2.75) is 49.7 Å². The van der Waals surface area contributed by atoms with Crippen LogP contribution in [0.1, 0.15) is 38.5 Å². The maximum atomic E-state index is 12.3. The van der Waals surface area contributed by atoms with E-state index in [2.05, 4.69) is 41.3 Å². The molecule has 1 saturated carbocycles. The fraction of sp³-hybridized carbons (Fsp3) is 0.688. The van der Waals surface area contributed by atoms with Crippen molar-refractivity contribution < 1.29 is 9.53 Å². The van der Waals surface area contributed by atoms with Gasteiger partial charge in [0.2, 0.25) is 0 Å². The molecule has 2 bridgehead atoms. The maximum Gasteiger partial charge on any atom is 0.136 e. The van der Waals surface area contributed by atoms with E-state index in [4.69, 9.17) is 4.74 Å². The molecule has 4 atom stereocenters. The lowest BCUT2D eigenvalue weighted by atomic mass is 9.80. The second-order valence-corrected chi connectivity index (χ2v) is 7.14. The molecule has 2 fully saturated rings. The summed E-state index contributed by atoms with van der Waals surface area (Å²) < 4.78 is 7.68. The minimum absolute atomic E-state index is 0.136. The standard InChI is InChI=1S/C16H21IO2/c1-2-3-5-15-7-8-16(19-15)6-4-12(11-17)14(16)9-13(18)10-15/h2,7-8,12,14H,1,3-6,9-11H2/t12-,14+,15-,16+/m0/s1. The summed E-state index contributed by atoms with van der Waals surface area (Å²) in [5.41, 5.74) is -0.469. The number of ether oxygens (including phenoxy) is 1. The van der Waals surface area contributed by atoms with Crippen LogP contribution in [0.3, 0.4) is 0 Å². The average Bonchev–Trinajstić information content (AvgIpc) is 2.87. The first-order valence-electron chi connectivity index (χ1n) is 7.22. The first kappa shape index (κ1) is 13.8. The van der Waals surface area contributed by atoms with Crippen molar-refractivity contribution in [1.82, 2.24) is 0 Å². The molecule has 0 aromatic heterocycles. The van der Waals surface area contributed by atoms with E-state index in [9.17, 15) is 4.79 Å². The predicted octanol–water partition coefficient (Wildman–Crippen LogP) is 3.84. The molecule has 19 heavy (non-hydrogen) atoms. The first-order valence-corrected chi connectivity index (χ1v) is 8.75. The number of hydrogen-bond donors (Lipinski definition) is 0. The topological polar surface area (TPSA) is 26.3 Å². The molecule has 3 aliphatic rings. The molecule has 0 amide bonds. The van der Waals surface area contributed by atoms with Crippen LogP contribution in [0, 0.1) is 11.8 Å². The molecular weight excluding hydrogens is 351 g/mol. The van der Waals surface area contributed by atoms with Crippen molar-refractivity contribution in [3.8, 4) is 0 Å². The van der Waals surface area contributed by atoms with Gasteiger partial charge in [-0.15, -0.1) is 6.58 Å². The van der Waals surface area contributed by atoms with Crippen LogP contribution < -0.4 is 0 Å². The predicted molar refractivity (Wildman–Crippen MR) is 84.5 cm³/mol. The minimum Gasteiger partial charge on any atom is -0.360 e. The van der Waals surface area contributed by atoms with Gasteiger partial charge in [-0.25, -0.2) is 0 Å². The highest BCUT2D eigenvalue weighted by Gasteiger charge is 2.57. The molecule has 0 N–H and O–H groups in total. The van der Waals surface area contributed by atoms with Gasteiger partial charge in [-0.2, -0.15) is 0 Å². The minimum atomic E-state index is -0.333. The van der Waals surface area contributed by atoms with E-state index in [0.29, 0.717) is 30.5 Å². The van der Waals surface area contributed by atoms with E-state index in [1.165, 1.54) is 6.42 Å². The highest BCUT2D eigenvalue weighted by Crippen LogP contribution is 2.55. The number of carbonyl (C=O) groups is 1. The van der Waals surface area contributed by atoms with Crippen LogP contribution in [-0.2, 0) is 9.53 Å². The number of fused-ring (bicyclic) bond motifs is 1. The van der Waals surface area contributed by atoms with E-state index in [1.807, 2.05) is 6.08 Å². The third-order valence-corrected chi connectivity index (χ3v) is 6.21. The second kappa shape index (κ2) is 4.99. The van der Waals surface area contributed by atoms with Gasteiger partial charge >= 0.3 is 0 Å². The summed E-state index contributed by atoms with van der Waals surface area (Å²) in [5, 5.41) is 0. The SMILES string of the molecule is C=CCC[C@]12C=C[C@@]3(CC[C@@H](CI)[C@H]3CC(=O)C1)O2. The van der Waals surface area contributed by atoms with E-state index in [1.54, 1.807) is 0 Å². The van der Waals surface area contributed by atoms with Crippen molar-refractivity contribution in [3.63, 3.8) is 0 Å². The zero-order chi connectivity index (χ0) is 13.5. The summed E-state index contributed by atoms with van der Waals surface area (Å²) in [4.78, 5) is 12.3. The van der Waals surface area contributed by atoms with Gasteiger partial charge in [0.1, 0.15) is 5.78 Å².